The van der Waals surface area contributed by atoms with Gasteiger partial charge in [-0.05, 0) is 68.1 Å². The van der Waals surface area contributed by atoms with E-state index in [9.17, 15) is 19.1 Å². The maximum Gasteiger partial charge on any atom is 0.407 e. The summed E-state index contributed by atoms with van der Waals surface area (Å²) in [6, 6.07) is 12.7. The third kappa shape index (κ3) is 6.07. The first kappa shape index (κ1) is 25.8. The first-order chi connectivity index (χ1) is 17.2. The van der Waals surface area contributed by atoms with E-state index in [1.54, 1.807) is 18.0 Å². The van der Waals surface area contributed by atoms with Crippen LogP contribution in [0, 0.1) is 12.7 Å². The van der Waals surface area contributed by atoms with Gasteiger partial charge in [-0.15, -0.1) is 0 Å². The van der Waals surface area contributed by atoms with Gasteiger partial charge in [-0.1, -0.05) is 12.1 Å². The molecule has 9 heteroatoms. The molecule has 2 heterocycles. The molecule has 0 unspecified atom stereocenters. The Morgan fingerprint density at radius 1 is 1.11 bits per heavy atom. The van der Waals surface area contributed by atoms with Crippen molar-refractivity contribution in [2.75, 3.05) is 50.0 Å². The van der Waals surface area contributed by atoms with Crippen molar-refractivity contribution < 1.29 is 19.1 Å². The second-order valence-corrected chi connectivity index (χ2v) is 9.93. The SMILES string of the molecule is Cc1cc(N(C)C(=O)N2CCC(Nc3cccc(F)c3)CC2)ccc1CN1CCN(C(=O)O)[C@@H](C)C1. The molecule has 2 saturated heterocycles. The van der Waals surface area contributed by atoms with Gasteiger partial charge in [-0.2, -0.15) is 0 Å². The first-order valence-corrected chi connectivity index (χ1v) is 12.6. The Labute approximate surface area is 212 Å². The van der Waals surface area contributed by atoms with Crippen LogP contribution in [0.3, 0.4) is 0 Å². The number of hydrogen-bond donors (Lipinski definition) is 2. The van der Waals surface area contributed by atoms with Crippen molar-refractivity contribution >= 4 is 23.5 Å². The Morgan fingerprint density at radius 2 is 1.86 bits per heavy atom. The molecule has 1 atom stereocenters. The maximum absolute atomic E-state index is 13.4. The zero-order chi connectivity index (χ0) is 25.8. The van der Waals surface area contributed by atoms with Crippen LogP contribution in [0.15, 0.2) is 42.5 Å². The van der Waals surface area contributed by atoms with Crippen LogP contribution in [-0.4, -0.2) is 83.8 Å². The van der Waals surface area contributed by atoms with Gasteiger partial charge in [0.2, 0.25) is 0 Å². The maximum atomic E-state index is 13.4. The van der Waals surface area contributed by atoms with Crippen molar-refractivity contribution in [2.24, 2.45) is 0 Å². The second kappa shape index (κ2) is 11.2. The Kier molecular flexibility index (Phi) is 7.98. The number of carboxylic acid groups (broad SMARTS) is 1. The number of aryl methyl sites for hydroxylation is 1. The lowest BCUT2D eigenvalue weighted by molar-refractivity contribution is 0.0710. The largest absolute Gasteiger partial charge is 0.465 e. The van der Waals surface area contributed by atoms with Crippen molar-refractivity contribution in [3.8, 4) is 0 Å². The number of rotatable bonds is 5. The van der Waals surface area contributed by atoms with Crippen molar-refractivity contribution in [1.82, 2.24) is 14.7 Å². The third-order valence-electron chi connectivity index (χ3n) is 7.31. The number of piperazine rings is 1. The number of hydrogen-bond acceptors (Lipinski definition) is 4. The van der Waals surface area contributed by atoms with Gasteiger partial charge in [0.05, 0.1) is 0 Å². The molecule has 2 aliphatic heterocycles. The number of halogens is 1. The van der Waals surface area contributed by atoms with Crippen LogP contribution >= 0.6 is 0 Å². The van der Waals surface area contributed by atoms with Gasteiger partial charge in [0.15, 0.2) is 0 Å². The molecule has 0 spiro atoms. The fourth-order valence-electron chi connectivity index (χ4n) is 5.12. The quantitative estimate of drug-likeness (QED) is 0.638. The van der Waals surface area contributed by atoms with Gasteiger partial charge in [0.25, 0.3) is 0 Å². The minimum absolute atomic E-state index is 0.0232. The lowest BCUT2D eigenvalue weighted by Crippen LogP contribution is -2.53. The summed E-state index contributed by atoms with van der Waals surface area (Å²) >= 11 is 0. The van der Waals surface area contributed by atoms with Gasteiger partial charge in [0.1, 0.15) is 5.82 Å². The number of urea groups is 1. The highest BCUT2D eigenvalue weighted by atomic mass is 19.1. The normalized spacial score (nSPS) is 19.3. The summed E-state index contributed by atoms with van der Waals surface area (Å²) in [5.41, 5.74) is 3.91. The molecule has 194 valence electrons. The number of likely N-dealkylation sites (tertiary alicyclic amines) is 1. The van der Waals surface area contributed by atoms with Crippen molar-refractivity contribution in [3.63, 3.8) is 0 Å². The van der Waals surface area contributed by atoms with Gasteiger partial charge < -0.3 is 20.2 Å². The highest BCUT2D eigenvalue weighted by Gasteiger charge is 2.28. The molecule has 2 fully saturated rings. The number of carbonyl (C=O) groups is 2. The van der Waals surface area contributed by atoms with Crippen molar-refractivity contribution in [3.05, 3.63) is 59.4 Å². The fourth-order valence-corrected chi connectivity index (χ4v) is 5.12. The molecule has 2 N–H and O–H groups in total. The summed E-state index contributed by atoms with van der Waals surface area (Å²) in [7, 11) is 1.81. The Balaban J connectivity index is 1.30. The summed E-state index contributed by atoms with van der Waals surface area (Å²) in [5.74, 6) is -0.258. The highest BCUT2D eigenvalue weighted by Crippen LogP contribution is 2.24. The van der Waals surface area contributed by atoms with Gasteiger partial charge >= 0.3 is 12.1 Å². The Hall–Kier alpha value is -3.33. The van der Waals surface area contributed by atoms with E-state index in [-0.39, 0.29) is 23.9 Å². The van der Waals surface area contributed by atoms with Crippen LogP contribution in [0.2, 0.25) is 0 Å². The number of anilines is 2. The van der Waals surface area contributed by atoms with Crippen LogP contribution in [0.1, 0.15) is 30.9 Å². The van der Waals surface area contributed by atoms with E-state index in [2.05, 4.69) is 23.2 Å². The molecule has 36 heavy (non-hydrogen) atoms. The summed E-state index contributed by atoms with van der Waals surface area (Å²) < 4.78 is 13.4. The number of amides is 3. The fraction of sp³-hybridized carbons (Fsp3) is 0.481. The zero-order valence-corrected chi connectivity index (χ0v) is 21.3. The molecular weight excluding hydrogens is 461 g/mol. The molecule has 0 saturated carbocycles. The van der Waals surface area contributed by atoms with E-state index < -0.39 is 6.09 Å². The van der Waals surface area contributed by atoms with E-state index in [1.807, 2.05) is 30.0 Å². The molecule has 2 aliphatic rings. The van der Waals surface area contributed by atoms with Crippen LogP contribution in [0.5, 0.6) is 0 Å². The van der Waals surface area contributed by atoms with Gasteiger partial charge in [-0.3, -0.25) is 9.80 Å². The molecule has 0 bridgehead atoms. The van der Waals surface area contributed by atoms with E-state index >= 15 is 0 Å². The summed E-state index contributed by atoms with van der Waals surface area (Å²) in [6.45, 7) is 7.97. The third-order valence-corrected chi connectivity index (χ3v) is 7.31. The topological polar surface area (TPSA) is 79.4 Å². The number of piperidine rings is 1. The molecule has 0 radical (unpaired) electrons. The Bertz CT molecular complexity index is 1090. The smallest absolute Gasteiger partial charge is 0.407 e. The molecule has 0 aliphatic carbocycles. The number of nitrogens with one attached hydrogen (secondary N) is 1. The highest BCUT2D eigenvalue weighted by molar-refractivity contribution is 5.91. The minimum Gasteiger partial charge on any atom is -0.465 e. The predicted octanol–water partition coefficient (Wildman–Crippen LogP) is 4.45. The molecule has 8 nitrogen and oxygen atoms in total. The standard InChI is InChI=1S/C27H36FN5O3/c1-19-15-25(8-7-21(19)18-31-13-14-33(27(35)36)20(2)17-31)30(3)26(34)32-11-9-23(10-12-32)29-24-6-4-5-22(28)16-24/h4-8,15-16,20,23,29H,9-14,17-18H2,1-3H3,(H,35,36)/t20-/m0/s1. The zero-order valence-electron chi connectivity index (χ0n) is 21.3. The molecular formula is C27H36FN5O3. The van der Waals surface area contributed by atoms with Crippen LogP contribution in [-0.2, 0) is 6.54 Å². The molecule has 2 aromatic carbocycles. The number of benzene rings is 2. The summed E-state index contributed by atoms with van der Waals surface area (Å²) in [6.07, 6.45) is 0.755. The lowest BCUT2D eigenvalue weighted by atomic mass is 10.0. The summed E-state index contributed by atoms with van der Waals surface area (Å²) in [4.78, 5) is 31.8. The van der Waals surface area contributed by atoms with E-state index in [0.717, 1.165) is 36.3 Å². The molecule has 2 aromatic rings. The van der Waals surface area contributed by atoms with Gasteiger partial charge in [-0.25, -0.2) is 14.0 Å². The average molecular weight is 498 g/mol. The number of nitrogens with zero attached hydrogens (tertiary/aromatic N) is 4. The van der Waals surface area contributed by atoms with Crippen LogP contribution < -0.4 is 10.2 Å². The predicted molar refractivity (Wildman–Crippen MR) is 139 cm³/mol. The summed E-state index contributed by atoms with van der Waals surface area (Å²) in [5, 5.41) is 12.7. The van der Waals surface area contributed by atoms with Gasteiger partial charge in [0, 0.05) is 69.8 Å². The number of carbonyl (C=O) groups excluding carboxylic acids is 1. The van der Waals surface area contributed by atoms with Crippen molar-refractivity contribution in [2.45, 2.75) is 45.3 Å². The Morgan fingerprint density at radius 3 is 2.50 bits per heavy atom. The van der Waals surface area contributed by atoms with E-state index in [4.69, 9.17) is 0 Å². The molecule has 0 aromatic heterocycles. The van der Waals surface area contributed by atoms with E-state index in [0.29, 0.717) is 32.7 Å². The average Bonchev–Trinajstić information content (AvgIpc) is 2.85. The monoisotopic (exact) mass is 497 g/mol. The first-order valence-electron chi connectivity index (χ1n) is 12.6. The van der Waals surface area contributed by atoms with E-state index in [1.165, 1.54) is 22.6 Å². The molecule has 3 amide bonds. The lowest BCUT2D eigenvalue weighted by Gasteiger charge is -2.38. The van der Waals surface area contributed by atoms with Crippen LogP contribution in [0.25, 0.3) is 0 Å². The van der Waals surface area contributed by atoms with Crippen molar-refractivity contribution in [1.29, 1.82) is 0 Å². The molecule has 4 rings (SSSR count). The minimum atomic E-state index is -0.859. The van der Waals surface area contributed by atoms with Crippen LogP contribution in [0.4, 0.5) is 25.4 Å². The second-order valence-electron chi connectivity index (χ2n) is 9.93.